The maximum atomic E-state index is 4.05. The molecule has 12 heavy (non-hydrogen) atoms. The molecule has 2 nitrogen and oxygen atoms in total. The average Bonchev–Trinajstić information content (AvgIpc) is 2.05. The Hall–Kier alpha value is -0.700. The van der Waals surface area contributed by atoms with E-state index >= 15 is 0 Å². The summed E-state index contributed by atoms with van der Waals surface area (Å²) in [5, 5.41) is 8.06. The van der Waals surface area contributed by atoms with Crippen molar-refractivity contribution in [1.82, 2.24) is 0 Å². The van der Waals surface area contributed by atoms with Crippen molar-refractivity contribution in [1.29, 1.82) is 0 Å². The predicted molar refractivity (Wildman–Crippen MR) is 53.8 cm³/mol. The highest BCUT2D eigenvalue weighted by atomic mass is 79.9. The molecule has 0 aliphatic rings. The Morgan fingerprint density at radius 2 is 2.25 bits per heavy atom. The van der Waals surface area contributed by atoms with Crippen LogP contribution in [0.4, 0.5) is 5.69 Å². The topological polar surface area (TPSA) is 24.7 Å². The van der Waals surface area contributed by atoms with Gasteiger partial charge in [-0.25, -0.2) is 0 Å². The van der Waals surface area contributed by atoms with Crippen molar-refractivity contribution in [2.75, 3.05) is 6.54 Å². The van der Waals surface area contributed by atoms with Crippen LogP contribution in [0, 0.1) is 0 Å². The van der Waals surface area contributed by atoms with Gasteiger partial charge in [-0.2, -0.15) is 10.2 Å². The number of azo groups is 1. The fourth-order valence-electron chi connectivity index (χ4n) is 0.770. The molecule has 0 atom stereocenters. The molecule has 0 aliphatic heterocycles. The molecule has 0 spiro atoms. The van der Waals surface area contributed by atoms with Gasteiger partial charge < -0.3 is 0 Å². The number of rotatable bonds is 3. The monoisotopic (exact) mass is 226 g/mol. The molecule has 0 amide bonds. The van der Waals surface area contributed by atoms with E-state index < -0.39 is 0 Å². The number of hydrogen-bond acceptors (Lipinski definition) is 2. The third kappa shape index (κ3) is 3.13. The molecule has 64 valence electrons. The van der Waals surface area contributed by atoms with Gasteiger partial charge in [0.05, 0.1) is 12.2 Å². The Labute approximate surface area is 80.8 Å². The zero-order valence-electron chi connectivity index (χ0n) is 7.00. The quantitative estimate of drug-likeness (QED) is 0.698. The number of halogens is 1. The largest absolute Gasteiger partial charge is 0.189 e. The van der Waals surface area contributed by atoms with E-state index in [9.17, 15) is 0 Å². The molecule has 1 aromatic carbocycles. The molecule has 0 unspecified atom stereocenters. The molecule has 0 aliphatic carbocycles. The first-order valence-electron chi connectivity index (χ1n) is 3.96. The smallest absolute Gasteiger partial charge is 0.0863 e. The van der Waals surface area contributed by atoms with Gasteiger partial charge in [-0.05, 0) is 24.6 Å². The van der Waals surface area contributed by atoms with Crippen molar-refractivity contribution in [2.45, 2.75) is 13.3 Å². The van der Waals surface area contributed by atoms with Gasteiger partial charge >= 0.3 is 0 Å². The third-order valence-electron chi connectivity index (χ3n) is 1.32. The van der Waals surface area contributed by atoms with Gasteiger partial charge in [-0.3, -0.25) is 0 Å². The summed E-state index contributed by atoms with van der Waals surface area (Å²) in [7, 11) is 0. The summed E-state index contributed by atoms with van der Waals surface area (Å²) in [5.74, 6) is 0. The molecule has 0 radical (unpaired) electrons. The molecule has 0 N–H and O–H groups in total. The second kappa shape index (κ2) is 5.04. The van der Waals surface area contributed by atoms with Crippen LogP contribution >= 0.6 is 15.9 Å². The summed E-state index contributed by atoms with van der Waals surface area (Å²) < 4.78 is 1.04. The van der Waals surface area contributed by atoms with Gasteiger partial charge in [0.15, 0.2) is 0 Å². The van der Waals surface area contributed by atoms with Gasteiger partial charge in [0.1, 0.15) is 0 Å². The Kier molecular flexibility index (Phi) is 3.94. The number of hydrogen-bond donors (Lipinski definition) is 0. The lowest BCUT2D eigenvalue weighted by Crippen LogP contribution is -1.71. The highest BCUT2D eigenvalue weighted by Crippen LogP contribution is 2.18. The molecule has 0 saturated carbocycles. The van der Waals surface area contributed by atoms with Gasteiger partial charge in [-0.1, -0.05) is 28.9 Å². The zero-order valence-corrected chi connectivity index (χ0v) is 8.58. The molecule has 0 bridgehead atoms. The Bertz CT molecular complexity index is 271. The van der Waals surface area contributed by atoms with Crippen molar-refractivity contribution in [2.24, 2.45) is 10.2 Å². The van der Waals surface area contributed by atoms with E-state index in [2.05, 4.69) is 33.1 Å². The molecule has 0 saturated heterocycles. The van der Waals surface area contributed by atoms with Crippen LogP contribution in [0.5, 0.6) is 0 Å². The van der Waals surface area contributed by atoms with E-state index in [1.807, 2.05) is 24.3 Å². The molecule has 1 aromatic rings. The molecule has 0 aromatic heterocycles. The predicted octanol–water partition coefficient (Wildman–Crippen LogP) is 3.94. The van der Waals surface area contributed by atoms with Gasteiger partial charge in [0, 0.05) is 4.47 Å². The van der Waals surface area contributed by atoms with Crippen molar-refractivity contribution in [3.05, 3.63) is 28.7 Å². The first kappa shape index (κ1) is 9.39. The molecular formula is C9H11BrN2. The van der Waals surface area contributed by atoms with Crippen LogP contribution in [0.25, 0.3) is 0 Å². The second-order valence-corrected chi connectivity index (χ2v) is 3.36. The van der Waals surface area contributed by atoms with Crippen molar-refractivity contribution in [3.63, 3.8) is 0 Å². The SMILES string of the molecule is CCCN=Nc1cccc(Br)c1. The van der Waals surface area contributed by atoms with E-state index in [-0.39, 0.29) is 0 Å². The zero-order chi connectivity index (χ0) is 8.81. The van der Waals surface area contributed by atoms with Crippen LogP contribution in [-0.4, -0.2) is 6.54 Å². The van der Waals surface area contributed by atoms with Crippen LogP contribution in [0.2, 0.25) is 0 Å². The lowest BCUT2D eigenvalue weighted by atomic mass is 10.3. The van der Waals surface area contributed by atoms with Gasteiger partial charge in [0.2, 0.25) is 0 Å². The van der Waals surface area contributed by atoms with Crippen LogP contribution in [-0.2, 0) is 0 Å². The lowest BCUT2D eigenvalue weighted by Gasteiger charge is -1.92. The summed E-state index contributed by atoms with van der Waals surface area (Å²) in [6.07, 6.45) is 1.04. The average molecular weight is 227 g/mol. The number of benzene rings is 1. The van der Waals surface area contributed by atoms with Crippen molar-refractivity contribution in [3.8, 4) is 0 Å². The molecule has 3 heteroatoms. The summed E-state index contributed by atoms with van der Waals surface area (Å²) in [5.41, 5.74) is 0.901. The summed E-state index contributed by atoms with van der Waals surface area (Å²) in [4.78, 5) is 0. The minimum atomic E-state index is 0.798. The minimum Gasteiger partial charge on any atom is -0.189 e. The summed E-state index contributed by atoms with van der Waals surface area (Å²) in [6, 6.07) is 7.80. The summed E-state index contributed by atoms with van der Waals surface area (Å²) in [6.45, 7) is 2.88. The van der Waals surface area contributed by atoms with Crippen LogP contribution in [0.3, 0.4) is 0 Å². The number of nitrogens with zero attached hydrogens (tertiary/aromatic N) is 2. The summed E-state index contributed by atoms with van der Waals surface area (Å²) >= 11 is 3.37. The molecular weight excluding hydrogens is 216 g/mol. The van der Waals surface area contributed by atoms with E-state index in [1.165, 1.54) is 0 Å². The van der Waals surface area contributed by atoms with Gasteiger partial charge in [-0.15, -0.1) is 0 Å². The van der Waals surface area contributed by atoms with Crippen molar-refractivity contribution < 1.29 is 0 Å². The van der Waals surface area contributed by atoms with Gasteiger partial charge in [0.25, 0.3) is 0 Å². The highest BCUT2D eigenvalue weighted by molar-refractivity contribution is 9.10. The van der Waals surface area contributed by atoms with Crippen LogP contribution < -0.4 is 0 Å². The lowest BCUT2D eigenvalue weighted by molar-refractivity contribution is 0.876. The Morgan fingerprint density at radius 3 is 2.92 bits per heavy atom. The normalized spacial score (nSPS) is 10.8. The first-order chi connectivity index (χ1) is 5.83. The first-order valence-corrected chi connectivity index (χ1v) is 4.75. The van der Waals surface area contributed by atoms with Crippen LogP contribution in [0.1, 0.15) is 13.3 Å². The van der Waals surface area contributed by atoms with E-state index in [4.69, 9.17) is 0 Å². The Balaban J connectivity index is 2.63. The van der Waals surface area contributed by atoms with Crippen molar-refractivity contribution >= 4 is 21.6 Å². The second-order valence-electron chi connectivity index (χ2n) is 2.44. The highest BCUT2D eigenvalue weighted by Gasteiger charge is 1.88. The van der Waals surface area contributed by atoms with Crippen LogP contribution in [0.15, 0.2) is 39.0 Å². The minimum absolute atomic E-state index is 0.798. The maximum absolute atomic E-state index is 4.05. The fraction of sp³-hybridized carbons (Fsp3) is 0.333. The standard InChI is InChI=1S/C9H11BrN2/c1-2-6-11-12-9-5-3-4-8(10)7-9/h3-5,7H,2,6H2,1H3. The molecule has 0 heterocycles. The van der Waals surface area contributed by atoms with E-state index in [1.54, 1.807) is 0 Å². The molecule has 1 rings (SSSR count). The Morgan fingerprint density at radius 1 is 1.42 bits per heavy atom. The maximum Gasteiger partial charge on any atom is 0.0863 e. The van der Waals surface area contributed by atoms with E-state index in [0.717, 1.165) is 23.1 Å². The fourth-order valence-corrected chi connectivity index (χ4v) is 1.16. The third-order valence-corrected chi connectivity index (χ3v) is 1.81. The van der Waals surface area contributed by atoms with E-state index in [0.29, 0.717) is 0 Å². The molecule has 0 fully saturated rings.